The second-order valence-electron chi connectivity index (χ2n) is 4.81. The van der Waals surface area contributed by atoms with E-state index in [1.165, 1.54) is 41.2 Å². The topological polar surface area (TPSA) is 90.9 Å². The predicted molar refractivity (Wildman–Crippen MR) is 78.5 cm³/mol. The van der Waals surface area contributed by atoms with Crippen LogP contribution < -0.4 is 0 Å². The molecule has 0 amide bonds. The van der Waals surface area contributed by atoms with Crippen molar-refractivity contribution in [2.45, 2.75) is 24.4 Å². The molecule has 0 N–H and O–H groups in total. The average Bonchev–Trinajstić information content (AvgIpc) is 3.16. The Morgan fingerprint density at radius 1 is 1.17 bits per heavy atom. The first-order valence-corrected chi connectivity index (χ1v) is 8.47. The summed E-state index contributed by atoms with van der Waals surface area (Å²) in [6.45, 7) is 2.14. The number of hydrogen-bond acceptors (Lipinski definition) is 6. The summed E-state index contributed by atoms with van der Waals surface area (Å²) in [7, 11) is -3.73. The van der Waals surface area contributed by atoms with Crippen LogP contribution >= 0.6 is 0 Å². The van der Waals surface area contributed by atoms with E-state index in [9.17, 15) is 12.8 Å². The summed E-state index contributed by atoms with van der Waals surface area (Å²) in [5, 5.41) is 11.2. The van der Waals surface area contributed by atoms with Crippen LogP contribution in [0.2, 0.25) is 0 Å². The number of nitrogens with zero attached hydrogens (tertiary/aromatic N) is 4. The van der Waals surface area contributed by atoms with Gasteiger partial charge in [0.1, 0.15) is 17.8 Å². The van der Waals surface area contributed by atoms with E-state index < -0.39 is 9.84 Å². The van der Waals surface area contributed by atoms with Gasteiger partial charge in [0.2, 0.25) is 15.0 Å². The van der Waals surface area contributed by atoms with Gasteiger partial charge in [-0.05, 0) is 31.2 Å². The third-order valence-corrected chi connectivity index (χ3v) is 4.78. The second kappa shape index (κ2) is 5.92. The van der Waals surface area contributed by atoms with Crippen molar-refractivity contribution in [1.29, 1.82) is 0 Å². The van der Waals surface area contributed by atoms with Gasteiger partial charge in [0.25, 0.3) is 0 Å². The Morgan fingerprint density at radius 3 is 2.52 bits per heavy atom. The normalized spacial score (nSPS) is 11.7. The maximum Gasteiger partial charge on any atom is 0.250 e. The zero-order valence-electron chi connectivity index (χ0n) is 12.2. The lowest BCUT2D eigenvalue weighted by Crippen LogP contribution is -2.13. The molecule has 0 spiro atoms. The third-order valence-electron chi connectivity index (χ3n) is 3.24. The molecule has 120 valence electrons. The van der Waals surface area contributed by atoms with Crippen LogP contribution in [-0.4, -0.2) is 28.3 Å². The molecule has 0 atom stereocenters. The van der Waals surface area contributed by atoms with E-state index in [4.69, 9.17) is 0 Å². The highest BCUT2D eigenvalue weighted by Crippen LogP contribution is 2.22. The first-order valence-electron chi connectivity index (χ1n) is 6.82. The molecule has 0 saturated carbocycles. The smallest absolute Gasteiger partial charge is 0.250 e. The van der Waals surface area contributed by atoms with E-state index in [-0.39, 0.29) is 16.7 Å². The van der Waals surface area contributed by atoms with E-state index in [0.29, 0.717) is 23.6 Å². The van der Waals surface area contributed by atoms with Crippen molar-refractivity contribution in [3.8, 4) is 11.4 Å². The Labute approximate surface area is 131 Å². The Bertz CT molecular complexity index is 902. The molecule has 0 saturated heterocycles. The van der Waals surface area contributed by atoms with E-state index in [1.54, 1.807) is 6.92 Å². The van der Waals surface area contributed by atoms with Gasteiger partial charge in [0, 0.05) is 18.2 Å². The fraction of sp³-hybridized carbons (Fsp3) is 0.214. The van der Waals surface area contributed by atoms with Crippen LogP contribution in [0, 0.1) is 5.82 Å². The number of aromatic nitrogens is 4. The third kappa shape index (κ3) is 3.00. The van der Waals surface area contributed by atoms with Gasteiger partial charge < -0.3 is 4.52 Å². The molecule has 0 unspecified atom stereocenters. The minimum atomic E-state index is -3.73. The molecule has 1 aromatic carbocycles. The van der Waals surface area contributed by atoms with E-state index in [0.717, 1.165) is 0 Å². The lowest BCUT2D eigenvalue weighted by atomic mass is 10.2. The number of rotatable bonds is 5. The van der Waals surface area contributed by atoms with Crippen LogP contribution in [0.5, 0.6) is 0 Å². The van der Waals surface area contributed by atoms with Gasteiger partial charge in [-0.3, -0.25) is 4.57 Å². The molecule has 0 aliphatic rings. The molecule has 9 heteroatoms. The molecule has 7 nitrogen and oxygen atoms in total. The van der Waals surface area contributed by atoms with Crippen LogP contribution in [0.3, 0.4) is 0 Å². The molecular weight excluding hydrogens is 323 g/mol. The standard InChI is InChI=1S/C14H13FN4O3S/c1-2-19-13(10-3-5-11(15)6-4-10)16-17-14(19)23(20,21)9-12-7-8-22-18-12/h3-8H,2,9H2,1H3. The van der Waals surface area contributed by atoms with Gasteiger partial charge in [-0.25, -0.2) is 12.8 Å². The number of halogens is 1. The quantitative estimate of drug-likeness (QED) is 0.708. The molecule has 0 aliphatic heterocycles. The lowest BCUT2D eigenvalue weighted by Gasteiger charge is -2.07. The van der Waals surface area contributed by atoms with Crippen LogP contribution in [0.4, 0.5) is 4.39 Å². The van der Waals surface area contributed by atoms with E-state index >= 15 is 0 Å². The first kappa shape index (κ1) is 15.3. The van der Waals surface area contributed by atoms with Crippen LogP contribution in [0.15, 0.2) is 46.3 Å². The number of sulfone groups is 1. The highest BCUT2D eigenvalue weighted by molar-refractivity contribution is 7.90. The van der Waals surface area contributed by atoms with Crippen molar-refractivity contribution < 1.29 is 17.3 Å². The molecule has 23 heavy (non-hydrogen) atoms. The summed E-state index contributed by atoms with van der Waals surface area (Å²) in [6.07, 6.45) is 1.30. The Kier molecular flexibility index (Phi) is 3.95. The highest BCUT2D eigenvalue weighted by Gasteiger charge is 2.26. The lowest BCUT2D eigenvalue weighted by molar-refractivity contribution is 0.413. The first-order chi connectivity index (χ1) is 11.0. The van der Waals surface area contributed by atoms with Gasteiger partial charge in [0.05, 0.1) is 5.69 Å². The summed E-state index contributed by atoms with van der Waals surface area (Å²) in [5.74, 6) is -0.341. The molecule has 0 aliphatic carbocycles. The van der Waals surface area contributed by atoms with E-state index in [1.807, 2.05) is 0 Å². The van der Waals surface area contributed by atoms with Gasteiger partial charge in [-0.1, -0.05) is 5.16 Å². The summed E-state index contributed by atoms with van der Waals surface area (Å²) in [4.78, 5) is 0. The van der Waals surface area contributed by atoms with Gasteiger partial charge >= 0.3 is 0 Å². The molecule has 3 rings (SSSR count). The zero-order chi connectivity index (χ0) is 16.4. The highest BCUT2D eigenvalue weighted by atomic mass is 32.2. The maximum atomic E-state index is 13.0. The second-order valence-corrected chi connectivity index (χ2v) is 6.69. The van der Waals surface area contributed by atoms with Gasteiger partial charge in [-0.15, -0.1) is 10.2 Å². The molecule has 3 aromatic rings. The van der Waals surface area contributed by atoms with E-state index in [2.05, 4.69) is 19.9 Å². The number of benzene rings is 1. The SMILES string of the molecule is CCn1c(-c2ccc(F)cc2)nnc1S(=O)(=O)Cc1ccon1. The van der Waals surface area contributed by atoms with Gasteiger partial charge in [-0.2, -0.15) is 0 Å². The van der Waals surface area contributed by atoms with Crippen molar-refractivity contribution in [3.63, 3.8) is 0 Å². The summed E-state index contributed by atoms with van der Waals surface area (Å²) < 4.78 is 44.2. The fourth-order valence-electron chi connectivity index (χ4n) is 2.19. The largest absolute Gasteiger partial charge is 0.364 e. The zero-order valence-corrected chi connectivity index (χ0v) is 13.0. The van der Waals surface area contributed by atoms with Crippen molar-refractivity contribution in [2.24, 2.45) is 0 Å². The number of hydrogen-bond donors (Lipinski definition) is 0. The van der Waals surface area contributed by atoms with Crippen LogP contribution in [0.25, 0.3) is 11.4 Å². The monoisotopic (exact) mass is 336 g/mol. The van der Waals surface area contributed by atoms with Gasteiger partial charge in [0.15, 0.2) is 5.82 Å². The van der Waals surface area contributed by atoms with Crippen LogP contribution in [0.1, 0.15) is 12.6 Å². The minimum Gasteiger partial charge on any atom is -0.364 e. The minimum absolute atomic E-state index is 0.151. The van der Waals surface area contributed by atoms with Crippen molar-refractivity contribution in [2.75, 3.05) is 0 Å². The Morgan fingerprint density at radius 2 is 1.91 bits per heavy atom. The maximum absolute atomic E-state index is 13.0. The molecular formula is C14H13FN4O3S. The molecule has 0 fully saturated rings. The van der Waals surface area contributed by atoms with Crippen LogP contribution in [-0.2, 0) is 22.1 Å². The van der Waals surface area contributed by atoms with Crippen molar-refractivity contribution in [3.05, 3.63) is 48.1 Å². The molecule has 0 bridgehead atoms. The Balaban J connectivity index is 2.02. The molecule has 0 radical (unpaired) electrons. The molecule has 2 aromatic heterocycles. The summed E-state index contributed by atoms with van der Waals surface area (Å²) >= 11 is 0. The fourth-order valence-corrected chi connectivity index (χ4v) is 3.57. The average molecular weight is 336 g/mol. The molecule has 2 heterocycles. The summed E-state index contributed by atoms with van der Waals surface area (Å²) in [5.41, 5.74) is 0.877. The summed E-state index contributed by atoms with van der Waals surface area (Å²) in [6, 6.07) is 7.10. The van der Waals surface area contributed by atoms with Crippen molar-refractivity contribution >= 4 is 9.84 Å². The predicted octanol–water partition coefficient (Wildman–Crippen LogP) is 2.07. The van der Waals surface area contributed by atoms with Crippen molar-refractivity contribution in [1.82, 2.24) is 19.9 Å². The Hall–Kier alpha value is -2.55.